The number of fused-ring (bicyclic) bond motifs is 1. The van der Waals surface area contributed by atoms with Gasteiger partial charge in [0, 0.05) is 11.2 Å². The van der Waals surface area contributed by atoms with Crippen LogP contribution in [0.2, 0.25) is 0 Å². The van der Waals surface area contributed by atoms with Gasteiger partial charge in [-0.2, -0.15) is 4.98 Å². The van der Waals surface area contributed by atoms with Crippen LogP contribution in [0.25, 0.3) is 11.3 Å². The average molecular weight is 153 g/mol. The minimum Gasteiger partial charge on any atom is -0.419 e. The molecule has 0 bridgehead atoms. The summed E-state index contributed by atoms with van der Waals surface area (Å²) in [6.07, 6.45) is 0. The summed E-state index contributed by atoms with van der Waals surface area (Å²) in [5.41, 5.74) is 5.77. The van der Waals surface area contributed by atoms with Crippen LogP contribution in [0.3, 0.4) is 0 Å². The minimum atomic E-state index is -0.251. The maximum atomic E-state index is 9.88. The number of nitroso groups, excluding NO2 is 1. The van der Waals surface area contributed by atoms with Gasteiger partial charge in [-0.3, -0.25) is 0 Å². The summed E-state index contributed by atoms with van der Waals surface area (Å²) in [6, 6.07) is 1.18. The molecule has 0 atom stereocenters. The van der Waals surface area contributed by atoms with Crippen LogP contribution < -0.4 is 5.73 Å². The van der Waals surface area contributed by atoms with E-state index in [4.69, 9.17) is 14.6 Å². The normalized spacial score (nSPS) is 10.5. The van der Waals surface area contributed by atoms with E-state index in [0.717, 1.165) is 0 Å². The number of hydrogen-bond acceptors (Lipinski definition) is 6. The highest BCUT2D eigenvalue weighted by molar-refractivity contribution is 5.71. The molecule has 0 unspecified atom stereocenters. The summed E-state index contributed by atoms with van der Waals surface area (Å²) in [7, 11) is 0. The van der Waals surface area contributed by atoms with Crippen molar-refractivity contribution in [1.29, 1.82) is 0 Å². The second kappa shape index (κ2) is 1.82. The number of aromatic nitrogens is 1. The summed E-state index contributed by atoms with van der Waals surface area (Å²) >= 11 is 0. The van der Waals surface area contributed by atoms with Gasteiger partial charge in [0.25, 0.3) is 5.71 Å². The van der Waals surface area contributed by atoms with Crippen LogP contribution in [0, 0.1) is 4.91 Å². The van der Waals surface area contributed by atoms with E-state index in [1.165, 1.54) is 6.07 Å². The first-order valence-corrected chi connectivity index (χ1v) is 2.79. The minimum absolute atomic E-state index is 0.192. The Morgan fingerprint density at radius 3 is 3.00 bits per heavy atom. The topological polar surface area (TPSA) is 94.6 Å². The van der Waals surface area contributed by atoms with Crippen LogP contribution in [-0.4, -0.2) is 4.98 Å². The lowest BCUT2D eigenvalue weighted by atomic mass is 10.6. The van der Waals surface area contributed by atoms with E-state index in [1.54, 1.807) is 0 Å². The van der Waals surface area contributed by atoms with E-state index in [-0.39, 0.29) is 17.6 Å². The summed E-state index contributed by atoms with van der Waals surface area (Å²) in [5, 5.41) is 2.48. The highest BCUT2D eigenvalue weighted by Crippen LogP contribution is 2.24. The Bertz CT molecular complexity index is 370. The van der Waals surface area contributed by atoms with E-state index >= 15 is 0 Å². The monoisotopic (exact) mass is 153 g/mol. The zero-order valence-corrected chi connectivity index (χ0v) is 5.27. The molecule has 0 aromatic carbocycles. The van der Waals surface area contributed by atoms with Crippen molar-refractivity contribution in [1.82, 2.24) is 4.98 Å². The fourth-order valence-electron chi connectivity index (χ4n) is 0.780. The molecule has 0 aliphatic carbocycles. The van der Waals surface area contributed by atoms with E-state index in [0.29, 0.717) is 5.58 Å². The van der Waals surface area contributed by atoms with E-state index in [9.17, 15) is 4.91 Å². The number of hydrogen-bond donors (Lipinski definition) is 1. The van der Waals surface area contributed by atoms with Crippen molar-refractivity contribution in [3.63, 3.8) is 0 Å². The fourth-order valence-corrected chi connectivity index (χ4v) is 0.780. The standard InChI is InChI=1S/C5H3N3O3/c6-3-1-2-4(11-3)7-5(8-9)10-2/h1H,6H2. The first kappa shape index (κ1) is 5.90. The second-order valence-electron chi connectivity index (χ2n) is 1.91. The summed E-state index contributed by atoms with van der Waals surface area (Å²) in [4.78, 5) is 13.4. The Kier molecular flexibility index (Phi) is 0.974. The predicted molar refractivity (Wildman–Crippen MR) is 36.1 cm³/mol. The SMILES string of the molecule is Nc1cc2oc(N=O)nc2o1. The molecule has 2 aromatic heterocycles. The highest BCUT2D eigenvalue weighted by atomic mass is 16.4. The van der Waals surface area contributed by atoms with Crippen molar-refractivity contribution in [3.8, 4) is 0 Å². The Balaban J connectivity index is 2.72. The van der Waals surface area contributed by atoms with E-state index < -0.39 is 0 Å². The second-order valence-corrected chi connectivity index (χ2v) is 1.91. The number of nitrogens with two attached hydrogens (primary N) is 1. The van der Waals surface area contributed by atoms with Crippen LogP contribution in [0.15, 0.2) is 20.1 Å². The van der Waals surface area contributed by atoms with Crippen LogP contribution in [-0.2, 0) is 0 Å². The molecule has 0 amide bonds. The van der Waals surface area contributed by atoms with Crippen molar-refractivity contribution >= 4 is 23.2 Å². The molecule has 0 radical (unpaired) electrons. The number of rotatable bonds is 1. The van der Waals surface area contributed by atoms with Gasteiger partial charge in [-0.05, 0) is 0 Å². The van der Waals surface area contributed by atoms with E-state index in [2.05, 4.69) is 10.2 Å². The molecule has 0 aliphatic rings. The molecule has 2 heterocycles. The molecule has 6 heteroatoms. The maximum absolute atomic E-state index is 9.88. The number of furan rings is 1. The van der Waals surface area contributed by atoms with Crippen molar-refractivity contribution in [3.05, 3.63) is 11.0 Å². The fraction of sp³-hybridized carbons (Fsp3) is 0. The Morgan fingerprint density at radius 1 is 1.55 bits per heavy atom. The summed E-state index contributed by atoms with van der Waals surface area (Å²) < 4.78 is 9.60. The van der Waals surface area contributed by atoms with Gasteiger partial charge in [-0.15, -0.1) is 4.91 Å². The van der Waals surface area contributed by atoms with Crippen LogP contribution >= 0.6 is 0 Å². The maximum Gasteiger partial charge on any atom is 0.364 e. The van der Waals surface area contributed by atoms with Crippen LogP contribution in [0.5, 0.6) is 0 Å². The third kappa shape index (κ3) is 0.759. The molecule has 0 saturated heterocycles. The first-order valence-electron chi connectivity index (χ1n) is 2.79. The predicted octanol–water partition coefficient (Wildman–Crippen LogP) is 1.40. The van der Waals surface area contributed by atoms with Crippen molar-refractivity contribution in [2.24, 2.45) is 5.18 Å². The number of nitrogens with zero attached hydrogens (tertiary/aromatic N) is 2. The molecule has 6 nitrogen and oxygen atoms in total. The Hall–Kier alpha value is -1.85. The number of oxazole rings is 1. The largest absolute Gasteiger partial charge is 0.419 e. The molecule has 0 fully saturated rings. The highest BCUT2D eigenvalue weighted by Gasteiger charge is 2.09. The third-order valence-electron chi connectivity index (χ3n) is 1.18. The van der Waals surface area contributed by atoms with Crippen LogP contribution in [0.4, 0.5) is 11.9 Å². The quantitative estimate of drug-likeness (QED) is 0.624. The van der Waals surface area contributed by atoms with Gasteiger partial charge in [0.1, 0.15) is 0 Å². The van der Waals surface area contributed by atoms with Crippen molar-refractivity contribution < 1.29 is 8.83 Å². The van der Waals surface area contributed by atoms with Crippen molar-refractivity contribution in [2.45, 2.75) is 0 Å². The van der Waals surface area contributed by atoms with Gasteiger partial charge < -0.3 is 14.6 Å². The average Bonchev–Trinajstić information content (AvgIpc) is 2.43. The van der Waals surface area contributed by atoms with Gasteiger partial charge in [-0.25, -0.2) is 0 Å². The van der Waals surface area contributed by atoms with Crippen LogP contribution in [0.1, 0.15) is 0 Å². The van der Waals surface area contributed by atoms with Crippen molar-refractivity contribution in [2.75, 3.05) is 5.73 Å². The number of nitrogen functional groups attached to an aromatic ring is 1. The molecule has 0 saturated carbocycles. The molecule has 2 N–H and O–H groups in total. The molecular weight excluding hydrogens is 150 g/mol. The molecular formula is C5H3N3O3. The van der Waals surface area contributed by atoms with Gasteiger partial charge in [0.2, 0.25) is 0 Å². The molecule has 56 valence electrons. The zero-order chi connectivity index (χ0) is 7.84. The van der Waals surface area contributed by atoms with Gasteiger partial charge >= 0.3 is 6.01 Å². The molecule has 0 aliphatic heterocycles. The lowest BCUT2D eigenvalue weighted by Crippen LogP contribution is -1.75. The smallest absolute Gasteiger partial charge is 0.364 e. The summed E-state index contributed by atoms with van der Waals surface area (Å²) in [5.74, 6) is 0.198. The van der Waals surface area contributed by atoms with Gasteiger partial charge in [0.15, 0.2) is 11.5 Å². The lowest BCUT2D eigenvalue weighted by molar-refractivity contribution is 0.612. The molecule has 2 rings (SSSR count). The van der Waals surface area contributed by atoms with Gasteiger partial charge in [-0.1, -0.05) is 0 Å². The Labute approximate surface area is 60.0 Å². The summed E-state index contributed by atoms with van der Waals surface area (Å²) in [6.45, 7) is 0. The molecule has 0 spiro atoms. The zero-order valence-electron chi connectivity index (χ0n) is 5.27. The molecule has 11 heavy (non-hydrogen) atoms. The molecule has 2 aromatic rings. The van der Waals surface area contributed by atoms with Gasteiger partial charge in [0.05, 0.1) is 0 Å². The third-order valence-corrected chi connectivity index (χ3v) is 1.18. The Morgan fingerprint density at radius 2 is 2.36 bits per heavy atom. The first-order chi connectivity index (χ1) is 5.29. The number of anilines is 1. The van der Waals surface area contributed by atoms with E-state index in [1.807, 2.05) is 0 Å². The lowest BCUT2D eigenvalue weighted by Gasteiger charge is -1.75.